The lowest BCUT2D eigenvalue weighted by Crippen LogP contribution is -2.20. The topological polar surface area (TPSA) is 25.7 Å². The quantitative estimate of drug-likeness (QED) is 0.182. The van der Waals surface area contributed by atoms with Gasteiger partial charge in [0.15, 0.2) is 5.69 Å². The van der Waals surface area contributed by atoms with Crippen molar-refractivity contribution >= 4 is 55.1 Å². The zero-order chi connectivity index (χ0) is 32.5. The Bertz CT molecular complexity index is 2800. The molecule has 0 unspecified atom stereocenters. The molecule has 0 fully saturated rings. The van der Waals surface area contributed by atoms with Crippen molar-refractivity contribution in [3.8, 4) is 27.9 Å². The SMILES string of the molecule is [C-]#[N+]c1ccc2c(c1)c1ccccc1n2-c1ccc2c(c1)-c1ccc(-c3ccc4oc5ccccc5c4c3)cc1CN(c1ccccc1)C2. The molecule has 0 bridgehead atoms. The summed E-state index contributed by atoms with van der Waals surface area (Å²) in [4.78, 5) is 6.20. The third-order valence-corrected chi connectivity index (χ3v) is 10.1. The summed E-state index contributed by atoms with van der Waals surface area (Å²) in [6, 6.07) is 53.9. The molecule has 2 aromatic heterocycles. The lowest BCUT2D eigenvalue weighted by molar-refractivity contribution is 0.669. The second-order valence-corrected chi connectivity index (χ2v) is 12.9. The van der Waals surface area contributed by atoms with Gasteiger partial charge in [-0.05, 0) is 105 Å². The molecular weight excluding hydrogens is 599 g/mol. The van der Waals surface area contributed by atoms with Crippen LogP contribution in [-0.4, -0.2) is 4.57 Å². The first kappa shape index (κ1) is 27.5. The van der Waals surface area contributed by atoms with Crippen LogP contribution in [-0.2, 0) is 13.1 Å². The van der Waals surface area contributed by atoms with Gasteiger partial charge in [-0.3, -0.25) is 0 Å². The summed E-state index contributed by atoms with van der Waals surface area (Å²) >= 11 is 0. The van der Waals surface area contributed by atoms with E-state index in [0.717, 1.165) is 62.5 Å². The van der Waals surface area contributed by atoms with Gasteiger partial charge in [0.1, 0.15) is 11.2 Å². The molecule has 0 N–H and O–H groups in total. The monoisotopic (exact) mass is 627 g/mol. The highest BCUT2D eigenvalue weighted by molar-refractivity contribution is 6.10. The van der Waals surface area contributed by atoms with Gasteiger partial charge in [0, 0.05) is 40.6 Å². The van der Waals surface area contributed by atoms with Gasteiger partial charge < -0.3 is 13.9 Å². The lowest BCUT2D eigenvalue weighted by Gasteiger charge is -2.24. The van der Waals surface area contributed by atoms with Crippen molar-refractivity contribution in [2.75, 3.05) is 4.90 Å². The van der Waals surface area contributed by atoms with Gasteiger partial charge in [0.2, 0.25) is 0 Å². The summed E-state index contributed by atoms with van der Waals surface area (Å²) in [5.74, 6) is 0. The standard InChI is InChI=1S/C45H29N3O/c1-46-33-18-21-43-40(25-33)37-11-5-7-13-42(37)48(43)35-19-15-31-27-47(34-9-3-2-4-10-34)28-32-23-29(16-20-36(32)39(31)26-35)30-17-22-45-41(24-30)38-12-6-8-14-44(38)49-45/h2-26H,27-28H2. The molecule has 0 aliphatic carbocycles. The number of furan rings is 1. The number of hydrogen-bond donors (Lipinski definition) is 0. The van der Waals surface area contributed by atoms with Crippen LogP contribution in [0.2, 0.25) is 0 Å². The summed E-state index contributed by atoms with van der Waals surface area (Å²) in [5, 5.41) is 4.53. The van der Waals surface area contributed by atoms with Crippen LogP contribution in [0.25, 0.3) is 76.5 Å². The molecule has 4 nitrogen and oxygen atoms in total. The molecule has 0 atom stereocenters. The number of rotatable bonds is 3. The smallest absolute Gasteiger partial charge is 0.188 e. The number of fused-ring (bicyclic) bond motifs is 9. The number of para-hydroxylation sites is 3. The van der Waals surface area contributed by atoms with Crippen molar-refractivity contribution in [3.05, 3.63) is 174 Å². The van der Waals surface area contributed by atoms with Gasteiger partial charge in [-0.2, -0.15) is 0 Å². The van der Waals surface area contributed by atoms with Crippen LogP contribution >= 0.6 is 0 Å². The fourth-order valence-corrected chi connectivity index (χ4v) is 7.76. The number of anilines is 1. The highest BCUT2D eigenvalue weighted by Gasteiger charge is 2.22. The van der Waals surface area contributed by atoms with Crippen LogP contribution in [0.15, 0.2) is 156 Å². The first-order valence-electron chi connectivity index (χ1n) is 16.6. The van der Waals surface area contributed by atoms with Gasteiger partial charge in [0.05, 0.1) is 17.6 Å². The van der Waals surface area contributed by atoms with Crippen molar-refractivity contribution in [1.29, 1.82) is 0 Å². The van der Waals surface area contributed by atoms with E-state index >= 15 is 0 Å². The Hall–Kier alpha value is -6.57. The van der Waals surface area contributed by atoms with Crippen LogP contribution in [0.5, 0.6) is 0 Å². The normalized spacial score (nSPS) is 12.7. The molecule has 0 amide bonds. The van der Waals surface area contributed by atoms with Crippen molar-refractivity contribution in [2.45, 2.75) is 13.1 Å². The summed E-state index contributed by atoms with van der Waals surface area (Å²) in [5.41, 5.74) is 14.5. The number of hydrogen-bond acceptors (Lipinski definition) is 2. The van der Waals surface area contributed by atoms with E-state index in [2.05, 4.69) is 142 Å². The Morgan fingerprint density at radius 3 is 2.12 bits per heavy atom. The first-order valence-corrected chi connectivity index (χ1v) is 16.6. The molecule has 49 heavy (non-hydrogen) atoms. The van der Waals surface area contributed by atoms with E-state index < -0.39 is 0 Å². The van der Waals surface area contributed by atoms with E-state index in [9.17, 15) is 0 Å². The van der Waals surface area contributed by atoms with Crippen molar-refractivity contribution in [2.24, 2.45) is 0 Å². The maximum Gasteiger partial charge on any atom is 0.188 e. The van der Waals surface area contributed by atoms with Crippen molar-refractivity contribution < 1.29 is 4.42 Å². The molecule has 0 saturated carbocycles. The van der Waals surface area contributed by atoms with Crippen LogP contribution in [0.1, 0.15) is 11.1 Å². The second kappa shape index (κ2) is 10.7. The predicted molar refractivity (Wildman–Crippen MR) is 202 cm³/mol. The molecule has 10 rings (SSSR count). The van der Waals surface area contributed by atoms with Crippen molar-refractivity contribution in [3.63, 3.8) is 0 Å². The number of nitrogens with zero attached hydrogens (tertiary/aromatic N) is 3. The Morgan fingerprint density at radius 1 is 0.490 bits per heavy atom. The molecule has 0 spiro atoms. The molecule has 1 aliphatic rings. The van der Waals surface area contributed by atoms with E-state index in [-0.39, 0.29) is 0 Å². The van der Waals surface area contributed by atoms with Crippen LogP contribution in [0.3, 0.4) is 0 Å². The van der Waals surface area contributed by atoms with Gasteiger partial charge >= 0.3 is 0 Å². The Kier molecular flexibility index (Phi) is 6.03. The predicted octanol–water partition coefficient (Wildman–Crippen LogP) is 12.1. The fraction of sp³-hybridized carbons (Fsp3) is 0.0444. The van der Waals surface area contributed by atoms with Crippen LogP contribution in [0.4, 0.5) is 11.4 Å². The molecule has 7 aromatic carbocycles. The average Bonchev–Trinajstić information content (AvgIpc) is 3.64. The highest BCUT2D eigenvalue weighted by atomic mass is 16.3. The number of benzene rings is 7. The van der Waals surface area contributed by atoms with Gasteiger partial charge in [-0.15, -0.1) is 0 Å². The molecule has 9 aromatic rings. The minimum absolute atomic E-state index is 0.656. The minimum Gasteiger partial charge on any atom is -0.456 e. The number of aromatic nitrogens is 1. The third-order valence-electron chi connectivity index (χ3n) is 10.1. The zero-order valence-corrected chi connectivity index (χ0v) is 26.6. The largest absolute Gasteiger partial charge is 0.456 e. The van der Waals surface area contributed by atoms with Gasteiger partial charge in [0.25, 0.3) is 0 Å². The Morgan fingerprint density at radius 2 is 1.22 bits per heavy atom. The maximum absolute atomic E-state index is 7.61. The van der Waals surface area contributed by atoms with Crippen LogP contribution in [0, 0.1) is 6.57 Å². The first-order chi connectivity index (χ1) is 24.2. The zero-order valence-electron chi connectivity index (χ0n) is 26.6. The van der Waals surface area contributed by atoms with Crippen LogP contribution < -0.4 is 4.90 Å². The van der Waals surface area contributed by atoms with E-state index in [1.165, 1.54) is 39.1 Å². The van der Waals surface area contributed by atoms with Gasteiger partial charge in [-0.1, -0.05) is 84.9 Å². The molecule has 230 valence electrons. The van der Waals surface area contributed by atoms with E-state index in [1.54, 1.807) is 0 Å². The lowest BCUT2D eigenvalue weighted by atomic mass is 9.92. The third kappa shape index (κ3) is 4.37. The van der Waals surface area contributed by atoms with Gasteiger partial charge in [-0.25, -0.2) is 4.85 Å². The minimum atomic E-state index is 0.656. The molecule has 3 heterocycles. The Balaban J connectivity index is 1.16. The molecule has 1 aliphatic heterocycles. The fourth-order valence-electron chi connectivity index (χ4n) is 7.76. The van der Waals surface area contributed by atoms with Crippen molar-refractivity contribution in [1.82, 2.24) is 4.57 Å². The maximum atomic E-state index is 7.61. The highest BCUT2D eigenvalue weighted by Crippen LogP contribution is 2.41. The van der Waals surface area contributed by atoms with E-state index in [1.807, 2.05) is 24.3 Å². The summed E-state index contributed by atoms with van der Waals surface area (Å²) < 4.78 is 8.48. The summed E-state index contributed by atoms with van der Waals surface area (Å²) in [7, 11) is 0. The summed E-state index contributed by atoms with van der Waals surface area (Å²) in [6.45, 7) is 9.21. The van der Waals surface area contributed by atoms with E-state index in [4.69, 9.17) is 11.0 Å². The molecule has 0 radical (unpaired) electrons. The molecular formula is C45H29N3O. The second-order valence-electron chi connectivity index (χ2n) is 12.9. The van der Waals surface area contributed by atoms with E-state index in [0.29, 0.717) is 5.69 Å². The average molecular weight is 628 g/mol. The molecule has 4 heteroatoms. The molecule has 0 saturated heterocycles. The Labute approximate surface area is 283 Å². The summed E-state index contributed by atoms with van der Waals surface area (Å²) in [6.07, 6.45) is 0.